The van der Waals surface area contributed by atoms with Gasteiger partial charge in [0.2, 0.25) is 0 Å². The van der Waals surface area contributed by atoms with Gasteiger partial charge in [-0.25, -0.2) is 4.79 Å². The van der Waals surface area contributed by atoms with E-state index in [1.165, 1.54) is 6.07 Å². The highest BCUT2D eigenvalue weighted by molar-refractivity contribution is 5.83. The lowest BCUT2D eigenvalue weighted by molar-refractivity contribution is 0.454. The van der Waals surface area contributed by atoms with Crippen LogP contribution in [0.25, 0.3) is 11.0 Å². The predicted octanol–water partition coefficient (Wildman–Crippen LogP) is 3.63. The van der Waals surface area contributed by atoms with Crippen molar-refractivity contribution >= 4 is 16.7 Å². The molecule has 0 amide bonds. The van der Waals surface area contributed by atoms with Crippen molar-refractivity contribution in [3.8, 4) is 0 Å². The van der Waals surface area contributed by atoms with Gasteiger partial charge in [0.05, 0.1) is 13.3 Å². The monoisotopic (exact) mass is 295 g/mol. The number of aryl methyl sites for hydroxylation is 1. The molecule has 5 heteroatoms. The molecule has 1 heterocycles. The van der Waals surface area contributed by atoms with Crippen LogP contribution in [0.2, 0.25) is 0 Å². The minimum atomic E-state index is -0.409. The zero-order valence-corrected chi connectivity index (χ0v) is 12.1. The van der Waals surface area contributed by atoms with Gasteiger partial charge < -0.3 is 9.32 Å². The maximum absolute atomic E-state index is 12.4. The first-order chi connectivity index (χ1) is 10.2. The lowest BCUT2D eigenvalue weighted by Gasteiger charge is -2.24. The van der Waals surface area contributed by atoms with Gasteiger partial charge in [0.25, 0.3) is 0 Å². The van der Waals surface area contributed by atoms with Crippen LogP contribution in [0.3, 0.4) is 0 Å². The van der Waals surface area contributed by atoms with Crippen LogP contribution in [0.15, 0.2) is 33.5 Å². The minimum Gasteiger partial charge on any atom is -0.423 e. The summed E-state index contributed by atoms with van der Waals surface area (Å²) in [6.07, 6.45) is 0.782. The fourth-order valence-corrected chi connectivity index (χ4v) is 2.38. The zero-order valence-electron chi connectivity index (χ0n) is 12.1. The van der Waals surface area contributed by atoms with Crippen molar-refractivity contribution in [1.82, 2.24) is 0 Å². The van der Waals surface area contributed by atoms with Gasteiger partial charge in [-0.15, -0.1) is 0 Å². The molecule has 1 aromatic heterocycles. The fraction of sp³-hybridized carbons (Fsp3) is 0.438. The van der Waals surface area contributed by atoms with Crippen LogP contribution in [0, 0.1) is 6.92 Å². The van der Waals surface area contributed by atoms with E-state index in [1.807, 2.05) is 24.0 Å². The molecule has 2 rings (SSSR count). The number of rotatable bonds is 7. The van der Waals surface area contributed by atoms with E-state index in [0.29, 0.717) is 31.5 Å². The average Bonchev–Trinajstić information content (AvgIpc) is 2.46. The molecule has 0 aliphatic rings. The third-order valence-corrected chi connectivity index (χ3v) is 3.42. The van der Waals surface area contributed by atoms with E-state index in [2.05, 4.69) is 0 Å². The summed E-state index contributed by atoms with van der Waals surface area (Å²) in [5, 5.41) is 0.870. The number of nitrogens with zero attached hydrogens (tertiary/aromatic N) is 1. The van der Waals surface area contributed by atoms with Crippen LogP contribution < -0.4 is 10.5 Å². The molecule has 0 saturated heterocycles. The summed E-state index contributed by atoms with van der Waals surface area (Å²) >= 11 is 0. The molecule has 0 fully saturated rings. The lowest BCUT2D eigenvalue weighted by Crippen LogP contribution is -2.26. The van der Waals surface area contributed by atoms with Crippen molar-refractivity contribution in [3.63, 3.8) is 0 Å². The van der Waals surface area contributed by atoms with Gasteiger partial charge >= 0.3 is 5.63 Å². The molecule has 2 aromatic rings. The van der Waals surface area contributed by atoms with Gasteiger partial charge in [-0.1, -0.05) is 0 Å². The maximum Gasteiger partial charge on any atom is 0.336 e. The average molecular weight is 295 g/mol. The number of anilines is 1. The van der Waals surface area contributed by atoms with Crippen molar-refractivity contribution in [1.29, 1.82) is 0 Å². The molecule has 0 bridgehead atoms. The highest BCUT2D eigenvalue weighted by Gasteiger charge is 2.09. The number of halogens is 2. The lowest BCUT2D eigenvalue weighted by atomic mass is 10.1. The molecule has 0 spiro atoms. The van der Waals surface area contributed by atoms with Gasteiger partial charge in [-0.2, -0.15) is 0 Å². The van der Waals surface area contributed by atoms with Gasteiger partial charge in [0, 0.05) is 36.3 Å². The van der Waals surface area contributed by atoms with Crippen molar-refractivity contribution in [2.75, 3.05) is 31.3 Å². The largest absolute Gasteiger partial charge is 0.423 e. The standard InChI is InChI=1S/C16H19F2NO2/c1-12-10-16(20)21-15-11-13(4-5-14(12)15)19(8-2-6-17)9-3-7-18/h4-5,10-11H,2-3,6-9H2,1H3. The third-order valence-electron chi connectivity index (χ3n) is 3.42. The van der Waals surface area contributed by atoms with E-state index in [-0.39, 0.29) is 0 Å². The van der Waals surface area contributed by atoms with Crippen LogP contribution in [0.4, 0.5) is 14.5 Å². The van der Waals surface area contributed by atoms with Crippen molar-refractivity contribution in [2.45, 2.75) is 19.8 Å². The molecule has 0 unspecified atom stereocenters. The molecule has 1 aromatic carbocycles. The highest BCUT2D eigenvalue weighted by atomic mass is 19.1. The predicted molar refractivity (Wildman–Crippen MR) is 80.6 cm³/mol. The van der Waals surface area contributed by atoms with Gasteiger partial charge in [-0.3, -0.25) is 8.78 Å². The number of benzene rings is 1. The van der Waals surface area contributed by atoms with E-state index < -0.39 is 19.0 Å². The van der Waals surface area contributed by atoms with Gasteiger partial charge in [0.15, 0.2) is 0 Å². The summed E-state index contributed by atoms with van der Waals surface area (Å²) < 4.78 is 30.0. The quantitative estimate of drug-likeness (QED) is 0.731. The van der Waals surface area contributed by atoms with Crippen LogP contribution in [-0.4, -0.2) is 26.4 Å². The first kappa shape index (κ1) is 15.5. The van der Waals surface area contributed by atoms with Crippen molar-refractivity contribution in [2.24, 2.45) is 0 Å². The first-order valence-corrected chi connectivity index (χ1v) is 7.07. The van der Waals surface area contributed by atoms with Crippen molar-refractivity contribution in [3.05, 3.63) is 40.2 Å². The Morgan fingerprint density at radius 1 is 1.10 bits per heavy atom. The summed E-state index contributed by atoms with van der Waals surface area (Å²) in [5.41, 5.74) is 1.78. The summed E-state index contributed by atoms with van der Waals surface area (Å²) in [6.45, 7) is 2.06. The Labute approximate surface area is 122 Å². The molecule has 21 heavy (non-hydrogen) atoms. The molecule has 0 saturated carbocycles. The van der Waals surface area contributed by atoms with Crippen LogP contribution in [0.5, 0.6) is 0 Å². The molecule has 3 nitrogen and oxygen atoms in total. The van der Waals surface area contributed by atoms with Crippen LogP contribution >= 0.6 is 0 Å². The number of fused-ring (bicyclic) bond motifs is 1. The van der Waals surface area contributed by atoms with E-state index in [1.54, 1.807) is 6.07 Å². The van der Waals surface area contributed by atoms with Crippen molar-refractivity contribution < 1.29 is 13.2 Å². The normalized spacial score (nSPS) is 11.0. The smallest absolute Gasteiger partial charge is 0.336 e. The Morgan fingerprint density at radius 2 is 1.76 bits per heavy atom. The van der Waals surface area contributed by atoms with E-state index >= 15 is 0 Å². The Hall–Kier alpha value is -1.91. The molecule has 0 aliphatic carbocycles. The highest BCUT2D eigenvalue weighted by Crippen LogP contribution is 2.23. The summed E-state index contributed by atoms with van der Waals surface area (Å²) in [7, 11) is 0. The van der Waals surface area contributed by atoms with E-state index in [0.717, 1.165) is 16.6 Å². The zero-order chi connectivity index (χ0) is 15.2. The Kier molecular flexibility index (Phi) is 5.31. The van der Waals surface area contributed by atoms with Gasteiger partial charge in [0.1, 0.15) is 5.58 Å². The van der Waals surface area contributed by atoms with E-state index in [4.69, 9.17) is 4.42 Å². The second-order valence-electron chi connectivity index (χ2n) is 5.00. The summed E-state index contributed by atoms with van der Waals surface area (Å²) in [4.78, 5) is 13.4. The minimum absolute atomic E-state index is 0.391. The number of hydrogen-bond donors (Lipinski definition) is 0. The fourth-order valence-electron chi connectivity index (χ4n) is 2.38. The number of alkyl halides is 2. The summed E-state index contributed by atoms with van der Waals surface area (Å²) in [6, 6.07) is 6.98. The third kappa shape index (κ3) is 3.80. The maximum atomic E-state index is 12.4. The molecular formula is C16H19F2NO2. The van der Waals surface area contributed by atoms with Crippen LogP contribution in [0.1, 0.15) is 18.4 Å². The Morgan fingerprint density at radius 3 is 2.38 bits per heavy atom. The molecular weight excluding hydrogens is 276 g/mol. The Bertz CT molecular complexity index is 646. The second kappa shape index (κ2) is 7.20. The summed E-state index contributed by atoms with van der Waals surface area (Å²) in [5.74, 6) is 0. The second-order valence-corrected chi connectivity index (χ2v) is 5.00. The molecule has 0 radical (unpaired) electrons. The van der Waals surface area contributed by atoms with Gasteiger partial charge in [-0.05, 0) is 37.5 Å². The molecule has 0 aliphatic heterocycles. The van der Waals surface area contributed by atoms with Crippen LogP contribution in [-0.2, 0) is 0 Å². The topological polar surface area (TPSA) is 33.5 Å². The SMILES string of the molecule is Cc1cc(=O)oc2cc(N(CCCF)CCCF)ccc12. The Balaban J connectivity index is 2.35. The first-order valence-electron chi connectivity index (χ1n) is 7.07. The molecule has 114 valence electrons. The van der Waals surface area contributed by atoms with E-state index in [9.17, 15) is 13.6 Å². The molecule has 0 N–H and O–H groups in total. The molecule has 0 atom stereocenters. The number of hydrogen-bond acceptors (Lipinski definition) is 3.